The molecule has 26 heavy (non-hydrogen) atoms. The van der Waals surface area contributed by atoms with Crippen molar-refractivity contribution in [3.05, 3.63) is 51.7 Å². The predicted molar refractivity (Wildman–Crippen MR) is 102 cm³/mol. The van der Waals surface area contributed by atoms with Crippen molar-refractivity contribution in [1.29, 1.82) is 0 Å². The molecule has 0 fully saturated rings. The fourth-order valence-electron chi connectivity index (χ4n) is 3.06. The van der Waals surface area contributed by atoms with Gasteiger partial charge in [-0.05, 0) is 41.5 Å². The number of hydrogen-bond acceptors (Lipinski definition) is 4. The van der Waals surface area contributed by atoms with Crippen molar-refractivity contribution < 1.29 is 14.3 Å². The second-order valence-corrected chi connectivity index (χ2v) is 7.28. The number of aryl methyl sites for hydroxylation is 1. The smallest absolute Gasteiger partial charge is 0.257 e. The number of thiophene rings is 1. The van der Waals surface area contributed by atoms with Gasteiger partial charge in [-0.15, -0.1) is 11.3 Å². The Kier molecular flexibility index (Phi) is 6.28. The fourth-order valence-corrected chi connectivity index (χ4v) is 3.95. The third-order valence-electron chi connectivity index (χ3n) is 4.53. The van der Waals surface area contributed by atoms with E-state index in [4.69, 9.17) is 4.74 Å². The molecule has 0 aliphatic carbocycles. The number of para-hydroxylation sites is 1. The number of ether oxygens (including phenoxy) is 1. The Hall–Kier alpha value is -2.34. The van der Waals surface area contributed by atoms with Crippen molar-refractivity contribution in [1.82, 2.24) is 10.2 Å². The summed E-state index contributed by atoms with van der Waals surface area (Å²) in [6.45, 7) is 3.80. The molecule has 6 heteroatoms. The Morgan fingerprint density at radius 1 is 1.27 bits per heavy atom. The molecular weight excluding hydrogens is 348 g/mol. The van der Waals surface area contributed by atoms with Gasteiger partial charge in [0.15, 0.2) is 6.61 Å². The van der Waals surface area contributed by atoms with Crippen molar-refractivity contribution in [2.45, 2.75) is 32.7 Å². The maximum atomic E-state index is 12.3. The minimum atomic E-state index is -0.206. The Morgan fingerprint density at radius 2 is 2.12 bits per heavy atom. The zero-order valence-electron chi connectivity index (χ0n) is 15.0. The molecule has 0 atom stereocenters. The molecule has 5 nitrogen and oxygen atoms in total. The Labute approximate surface area is 158 Å². The average Bonchev–Trinajstić information content (AvgIpc) is 3.14. The molecule has 0 spiro atoms. The summed E-state index contributed by atoms with van der Waals surface area (Å²) >= 11 is 1.76. The van der Waals surface area contributed by atoms with Crippen molar-refractivity contribution in [3.63, 3.8) is 0 Å². The van der Waals surface area contributed by atoms with Gasteiger partial charge in [0.2, 0.25) is 5.91 Å². The summed E-state index contributed by atoms with van der Waals surface area (Å²) in [5, 5.41) is 4.84. The van der Waals surface area contributed by atoms with E-state index in [1.165, 1.54) is 10.4 Å². The molecular formula is C20H24N2O3S. The van der Waals surface area contributed by atoms with Gasteiger partial charge in [-0.1, -0.05) is 25.1 Å². The van der Waals surface area contributed by atoms with Crippen LogP contribution in [-0.2, 0) is 29.0 Å². The molecule has 0 unspecified atom stereocenters. The van der Waals surface area contributed by atoms with Gasteiger partial charge in [0, 0.05) is 30.9 Å². The van der Waals surface area contributed by atoms with Gasteiger partial charge < -0.3 is 15.0 Å². The number of amides is 2. The standard InChI is InChI=1S/C20H24N2O3S/c1-2-15-5-3-4-6-17(15)25-14-19(23)21-10-7-20(24)22-11-8-18-16(13-22)9-12-26-18/h3-6,9,12H,2,7-8,10-11,13-14H2,1H3,(H,21,23). The monoisotopic (exact) mass is 372 g/mol. The number of carbonyl (C=O) groups is 2. The lowest BCUT2D eigenvalue weighted by Crippen LogP contribution is -2.38. The molecule has 1 aromatic heterocycles. The highest BCUT2D eigenvalue weighted by atomic mass is 32.1. The van der Waals surface area contributed by atoms with Crippen molar-refractivity contribution in [2.75, 3.05) is 19.7 Å². The summed E-state index contributed by atoms with van der Waals surface area (Å²) in [5.74, 6) is 0.614. The molecule has 138 valence electrons. The van der Waals surface area contributed by atoms with E-state index in [1.807, 2.05) is 36.1 Å². The summed E-state index contributed by atoms with van der Waals surface area (Å²) in [6, 6.07) is 9.79. The van der Waals surface area contributed by atoms with Gasteiger partial charge in [-0.2, -0.15) is 0 Å². The van der Waals surface area contributed by atoms with Crippen LogP contribution in [0.15, 0.2) is 35.7 Å². The van der Waals surface area contributed by atoms with Gasteiger partial charge in [-0.25, -0.2) is 0 Å². The predicted octanol–water partition coefficient (Wildman–Crippen LogP) is 2.78. The summed E-state index contributed by atoms with van der Waals surface area (Å²) in [6.07, 6.45) is 2.10. The number of nitrogens with zero attached hydrogens (tertiary/aromatic N) is 1. The van der Waals surface area contributed by atoms with Crippen LogP contribution in [0.5, 0.6) is 5.75 Å². The van der Waals surface area contributed by atoms with Crippen molar-refractivity contribution >= 4 is 23.2 Å². The molecule has 0 bridgehead atoms. The maximum Gasteiger partial charge on any atom is 0.257 e. The number of rotatable bonds is 7. The number of fused-ring (bicyclic) bond motifs is 1. The van der Waals surface area contributed by atoms with Crippen LogP contribution in [0.25, 0.3) is 0 Å². The molecule has 0 radical (unpaired) electrons. The van der Waals surface area contributed by atoms with Crippen LogP contribution in [0, 0.1) is 0 Å². The van der Waals surface area contributed by atoms with Gasteiger partial charge in [-0.3, -0.25) is 9.59 Å². The van der Waals surface area contributed by atoms with Gasteiger partial charge >= 0.3 is 0 Å². The minimum absolute atomic E-state index is 0.0345. The van der Waals surface area contributed by atoms with Crippen LogP contribution in [0.2, 0.25) is 0 Å². The lowest BCUT2D eigenvalue weighted by atomic mass is 10.1. The van der Waals surface area contributed by atoms with Crippen LogP contribution in [-0.4, -0.2) is 36.4 Å². The minimum Gasteiger partial charge on any atom is -0.483 e. The van der Waals surface area contributed by atoms with Crippen molar-refractivity contribution in [3.8, 4) is 5.75 Å². The lowest BCUT2D eigenvalue weighted by molar-refractivity contribution is -0.132. The van der Waals surface area contributed by atoms with Gasteiger partial charge in [0.1, 0.15) is 5.75 Å². The average molecular weight is 372 g/mol. The SMILES string of the molecule is CCc1ccccc1OCC(=O)NCCC(=O)N1CCc2sccc2C1. The lowest BCUT2D eigenvalue weighted by Gasteiger charge is -2.27. The van der Waals surface area contributed by atoms with Crippen molar-refractivity contribution in [2.24, 2.45) is 0 Å². The summed E-state index contributed by atoms with van der Waals surface area (Å²) < 4.78 is 5.59. The van der Waals surface area contributed by atoms with E-state index in [0.717, 1.165) is 30.7 Å². The van der Waals surface area contributed by atoms with Crippen LogP contribution >= 0.6 is 11.3 Å². The molecule has 3 rings (SSSR count). The third kappa shape index (κ3) is 4.64. The second kappa shape index (κ2) is 8.85. The molecule has 2 heterocycles. The Bertz CT molecular complexity index is 772. The molecule has 2 amide bonds. The highest BCUT2D eigenvalue weighted by Crippen LogP contribution is 2.24. The van der Waals surface area contributed by atoms with E-state index in [-0.39, 0.29) is 18.4 Å². The first-order valence-corrected chi connectivity index (χ1v) is 9.85. The third-order valence-corrected chi connectivity index (χ3v) is 5.56. The first kappa shape index (κ1) is 18.5. The Balaban J connectivity index is 1.38. The molecule has 1 aliphatic heterocycles. The zero-order chi connectivity index (χ0) is 18.4. The fraction of sp³-hybridized carbons (Fsp3) is 0.400. The molecule has 2 aromatic rings. The van der Waals surface area contributed by atoms with Crippen LogP contribution in [0.3, 0.4) is 0 Å². The summed E-state index contributed by atoms with van der Waals surface area (Å²) in [7, 11) is 0. The highest BCUT2D eigenvalue weighted by molar-refractivity contribution is 7.10. The van der Waals surface area contributed by atoms with Gasteiger partial charge in [0.05, 0.1) is 0 Å². The summed E-state index contributed by atoms with van der Waals surface area (Å²) in [5.41, 5.74) is 2.33. The first-order valence-electron chi connectivity index (χ1n) is 8.97. The van der Waals surface area contributed by atoms with E-state index in [2.05, 4.69) is 16.8 Å². The van der Waals surface area contributed by atoms with E-state index in [0.29, 0.717) is 19.5 Å². The number of nitrogens with one attached hydrogen (secondary N) is 1. The number of benzene rings is 1. The van der Waals surface area contributed by atoms with Gasteiger partial charge in [0.25, 0.3) is 5.91 Å². The van der Waals surface area contributed by atoms with E-state index in [1.54, 1.807) is 11.3 Å². The largest absolute Gasteiger partial charge is 0.483 e. The molecule has 0 saturated carbocycles. The highest BCUT2D eigenvalue weighted by Gasteiger charge is 2.21. The van der Waals surface area contributed by atoms with Crippen LogP contribution in [0.4, 0.5) is 0 Å². The van der Waals surface area contributed by atoms with E-state index in [9.17, 15) is 9.59 Å². The number of carbonyl (C=O) groups excluding carboxylic acids is 2. The van der Waals surface area contributed by atoms with Crippen LogP contribution < -0.4 is 10.1 Å². The second-order valence-electron chi connectivity index (χ2n) is 6.28. The quantitative estimate of drug-likeness (QED) is 0.813. The van der Waals surface area contributed by atoms with E-state index < -0.39 is 0 Å². The molecule has 0 saturated heterocycles. The van der Waals surface area contributed by atoms with Crippen LogP contribution in [0.1, 0.15) is 29.3 Å². The molecule has 1 aliphatic rings. The molecule has 1 aromatic carbocycles. The topological polar surface area (TPSA) is 58.6 Å². The first-order chi connectivity index (χ1) is 12.7. The zero-order valence-corrected chi connectivity index (χ0v) is 15.8. The Morgan fingerprint density at radius 3 is 2.96 bits per heavy atom. The van der Waals surface area contributed by atoms with E-state index >= 15 is 0 Å². The maximum absolute atomic E-state index is 12.3. The number of hydrogen-bond donors (Lipinski definition) is 1. The normalized spacial score (nSPS) is 13.2. The molecule has 1 N–H and O–H groups in total. The summed E-state index contributed by atoms with van der Waals surface area (Å²) in [4.78, 5) is 27.5.